The maximum Gasteiger partial charge on any atom is 0.224 e. The number of anilines is 1. The SMILES string of the molecule is CCC1CCC(Nc2ccccc2CC(=O)NC)C1. The molecule has 2 unspecified atom stereocenters. The average molecular weight is 260 g/mol. The van der Waals surface area contributed by atoms with Crippen LogP contribution in [0.3, 0.4) is 0 Å². The first-order valence-corrected chi connectivity index (χ1v) is 7.28. The summed E-state index contributed by atoms with van der Waals surface area (Å²) in [6, 6.07) is 8.70. The lowest BCUT2D eigenvalue weighted by Crippen LogP contribution is -2.22. The molecule has 19 heavy (non-hydrogen) atoms. The highest BCUT2D eigenvalue weighted by atomic mass is 16.1. The van der Waals surface area contributed by atoms with Gasteiger partial charge in [-0.2, -0.15) is 0 Å². The Bertz CT molecular complexity index is 431. The quantitative estimate of drug-likeness (QED) is 0.854. The van der Waals surface area contributed by atoms with Crippen molar-refractivity contribution < 1.29 is 4.79 Å². The Kier molecular flexibility index (Phi) is 4.83. The molecule has 0 bridgehead atoms. The number of hydrogen-bond acceptors (Lipinski definition) is 2. The topological polar surface area (TPSA) is 41.1 Å². The summed E-state index contributed by atoms with van der Waals surface area (Å²) < 4.78 is 0. The molecule has 0 saturated heterocycles. The number of carbonyl (C=O) groups is 1. The number of benzene rings is 1. The van der Waals surface area contributed by atoms with Crippen molar-refractivity contribution in [1.82, 2.24) is 5.32 Å². The van der Waals surface area contributed by atoms with Crippen LogP contribution in [-0.4, -0.2) is 19.0 Å². The maximum atomic E-state index is 11.5. The smallest absolute Gasteiger partial charge is 0.224 e. The van der Waals surface area contributed by atoms with E-state index < -0.39 is 0 Å². The highest BCUT2D eigenvalue weighted by molar-refractivity contribution is 5.80. The minimum Gasteiger partial charge on any atom is -0.382 e. The molecule has 1 aromatic carbocycles. The third-order valence-corrected chi connectivity index (χ3v) is 4.13. The molecular formula is C16H24N2O. The van der Waals surface area contributed by atoms with E-state index in [4.69, 9.17) is 0 Å². The van der Waals surface area contributed by atoms with Crippen LogP contribution in [0.2, 0.25) is 0 Å². The number of nitrogens with one attached hydrogen (secondary N) is 2. The third kappa shape index (κ3) is 3.72. The Labute approximate surface area is 115 Å². The molecular weight excluding hydrogens is 236 g/mol. The van der Waals surface area contributed by atoms with Crippen molar-refractivity contribution in [3.63, 3.8) is 0 Å². The third-order valence-electron chi connectivity index (χ3n) is 4.13. The van der Waals surface area contributed by atoms with E-state index in [9.17, 15) is 4.79 Å². The zero-order valence-electron chi connectivity index (χ0n) is 11.9. The van der Waals surface area contributed by atoms with Crippen LogP contribution in [0.15, 0.2) is 24.3 Å². The van der Waals surface area contributed by atoms with Crippen LogP contribution < -0.4 is 10.6 Å². The van der Waals surface area contributed by atoms with E-state index in [1.165, 1.54) is 25.7 Å². The lowest BCUT2D eigenvalue weighted by atomic mass is 10.0. The highest BCUT2D eigenvalue weighted by Crippen LogP contribution is 2.31. The molecule has 1 aliphatic carbocycles. The second-order valence-electron chi connectivity index (χ2n) is 5.44. The summed E-state index contributed by atoms with van der Waals surface area (Å²) in [5.74, 6) is 0.927. The Morgan fingerprint density at radius 3 is 2.79 bits per heavy atom. The van der Waals surface area contributed by atoms with Gasteiger partial charge in [0.05, 0.1) is 6.42 Å². The Balaban J connectivity index is 2.01. The van der Waals surface area contributed by atoms with Gasteiger partial charge < -0.3 is 10.6 Å². The summed E-state index contributed by atoms with van der Waals surface area (Å²) in [6.07, 6.45) is 5.55. The van der Waals surface area contributed by atoms with Gasteiger partial charge in [-0.1, -0.05) is 31.5 Å². The summed E-state index contributed by atoms with van der Waals surface area (Å²) in [5.41, 5.74) is 2.20. The van der Waals surface area contributed by atoms with Gasteiger partial charge in [-0.05, 0) is 36.8 Å². The number of hydrogen-bond donors (Lipinski definition) is 2. The highest BCUT2D eigenvalue weighted by Gasteiger charge is 2.23. The Morgan fingerprint density at radius 1 is 1.32 bits per heavy atom. The largest absolute Gasteiger partial charge is 0.382 e. The second kappa shape index (κ2) is 6.60. The summed E-state index contributed by atoms with van der Waals surface area (Å²) in [7, 11) is 1.68. The monoisotopic (exact) mass is 260 g/mol. The van der Waals surface area contributed by atoms with Crippen molar-refractivity contribution in [3.05, 3.63) is 29.8 Å². The van der Waals surface area contributed by atoms with E-state index in [1.54, 1.807) is 7.05 Å². The van der Waals surface area contributed by atoms with Crippen molar-refractivity contribution in [2.24, 2.45) is 5.92 Å². The molecule has 2 rings (SSSR count). The van der Waals surface area contributed by atoms with Crippen LogP contribution in [0.1, 0.15) is 38.2 Å². The van der Waals surface area contributed by atoms with Crippen LogP contribution in [0.4, 0.5) is 5.69 Å². The van der Waals surface area contributed by atoms with Crippen LogP contribution >= 0.6 is 0 Å². The molecule has 104 valence electrons. The Morgan fingerprint density at radius 2 is 2.11 bits per heavy atom. The first-order valence-electron chi connectivity index (χ1n) is 7.28. The van der Waals surface area contributed by atoms with Crippen LogP contribution in [-0.2, 0) is 11.2 Å². The van der Waals surface area contributed by atoms with Gasteiger partial charge in [0.2, 0.25) is 5.91 Å². The molecule has 0 spiro atoms. The van der Waals surface area contributed by atoms with E-state index in [0.29, 0.717) is 12.5 Å². The van der Waals surface area contributed by atoms with Gasteiger partial charge in [0.1, 0.15) is 0 Å². The lowest BCUT2D eigenvalue weighted by molar-refractivity contribution is -0.119. The van der Waals surface area contributed by atoms with Crippen molar-refractivity contribution >= 4 is 11.6 Å². The first-order chi connectivity index (χ1) is 9.22. The molecule has 0 aliphatic heterocycles. The predicted molar refractivity (Wildman–Crippen MR) is 79.3 cm³/mol. The molecule has 0 radical (unpaired) electrons. The molecule has 1 fully saturated rings. The van der Waals surface area contributed by atoms with Crippen molar-refractivity contribution in [2.75, 3.05) is 12.4 Å². The van der Waals surface area contributed by atoms with Gasteiger partial charge >= 0.3 is 0 Å². The molecule has 2 atom stereocenters. The lowest BCUT2D eigenvalue weighted by Gasteiger charge is -2.17. The van der Waals surface area contributed by atoms with Gasteiger partial charge in [-0.3, -0.25) is 4.79 Å². The molecule has 2 N–H and O–H groups in total. The van der Waals surface area contributed by atoms with Gasteiger partial charge in [-0.25, -0.2) is 0 Å². The predicted octanol–water partition coefficient (Wildman–Crippen LogP) is 2.97. The minimum atomic E-state index is 0.0621. The van der Waals surface area contributed by atoms with Crippen molar-refractivity contribution in [1.29, 1.82) is 0 Å². The number of likely N-dealkylation sites (N-methyl/N-ethyl adjacent to an activating group) is 1. The zero-order chi connectivity index (χ0) is 13.7. The number of carbonyl (C=O) groups excluding carboxylic acids is 1. The molecule has 0 aromatic heterocycles. The summed E-state index contributed by atoms with van der Waals surface area (Å²) >= 11 is 0. The van der Waals surface area contributed by atoms with E-state index >= 15 is 0 Å². The van der Waals surface area contributed by atoms with Crippen molar-refractivity contribution in [3.8, 4) is 0 Å². The molecule has 1 aliphatic rings. The van der Waals surface area contributed by atoms with Gasteiger partial charge in [-0.15, -0.1) is 0 Å². The maximum absolute atomic E-state index is 11.5. The van der Waals surface area contributed by atoms with Gasteiger partial charge in [0, 0.05) is 18.8 Å². The minimum absolute atomic E-state index is 0.0621. The fraction of sp³-hybridized carbons (Fsp3) is 0.562. The second-order valence-corrected chi connectivity index (χ2v) is 5.44. The fourth-order valence-corrected chi connectivity index (χ4v) is 2.87. The van der Waals surface area contributed by atoms with Crippen molar-refractivity contribution in [2.45, 2.75) is 45.1 Å². The van der Waals surface area contributed by atoms with Gasteiger partial charge in [0.25, 0.3) is 0 Å². The fourth-order valence-electron chi connectivity index (χ4n) is 2.87. The van der Waals surface area contributed by atoms with Crippen LogP contribution in [0, 0.1) is 5.92 Å². The summed E-state index contributed by atoms with van der Waals surface area (Å²) in [6.45, 7) is 2.27. The van der Waals surface area contributed by atoms with Crippen LogP contribution in [0.5, 0.6) is 0 Å². The molecule has 3 heteroatoms. The first kappa shape index (κ1) is 13.9. The summed E-state index contributed by atoms with van der Waals surface area (Å²) in [5, 5.41) is 6.31. The molecule has 3 nitrogen and oxygen atoms in total. The van der Waals surface area contributed by atoms with E-state index in [0.717, 1.165) is 17.2 Å². The van der Waals surface area contributed by atoms with E-state index in [1.807, 2.05) is 18.2 Å². The average Bonchev–Trinajstić information content (AvgIpc) is 2.88. The molecule has 1 aromatic rings. The standard InChI is InChI=1S/C16H24N2O/c1-3-12-8-9-14(10-12)18-15-7-5-4-6-13(15)11-16(19)17-2/h4-7,12,14,18H,3,8-11H2,1-2H3,(H,17,19). The molecule has 1 saturated carbocycles. The van der Waals surface area contributed by atoms with E-state index in [2.05, 4.69) is 23.6 Å². The molecule has 0 heterocycles. The van der Waals surface area contributed by atoms with E-state index in [-0.39, 0.29) is 5.91 Å². The van der Waals surface area contributed by atoms with Gasteiger partial charge in [0.15, 0.2) is 0 Å². The van der Waals surface area contributed by atoms with Crippen LogP contribution in [0.25, 0.3) is 0 Å². The number of para-hydroxylation sites is 1. The number of amides is 1. The normalized spacial score (nSPS) is 22.2. The number of rotatable bonds is 5. The zero-order valence-corrected chi connectivity index (χ0v) is 11.9. The summed E-state index contributed by atoms with van der Waals surface area (Å²) in [4.78, 5) is 11.5. The molecule has 1 amide bonds. The Hall–Kier alpha value is -1.51.